The van der Waals surface area contributed by atoms with Crippen LogP contribution in [-0.4, -0.2) is 42.7 Å². The number of rotatable bonds is 2. The summed E-state index contributed by atoms with van der Waals surface area (Å²) in [6, 6.07) is 5.43. The average molecular weight is 306 g/mol. The largest absolute Gasteiger partial charge is 0.573 e. The molecular weight excluding hydrogens is 293 g/mol. The minimum absolute atomic E-state index is 0.264. The topological polar surface area (TPSA) is 33.7 Å². The smallest absolute Gasteiger partial charge is 0.406 e. The molecule has 0 unspecified atom stereocenters. The Labute approximate surface area is 119 Å². The predicted molar refractivity (Wildman–Crippen MR) is 71.7 cm³/mol. The molecule has 110 valence electrons. The van der Waals surface area contributed by atoms with Crippen molar-refractivity contribution in [2.24, 2.45) is 0 Å². The molecule has 0 bridgehead atoms. The van der Waals surface area contributed by atoms with Crippen molar-refractivity contribution in [2.75, 3.05) is 31.6 Å². The zero-order valence-electron chi connectivity index (χ0n) is 10.4. The molecule has 8 heteroatoms. The lowest BCUT2D eigenvalue weighted by Crippen LogP contribution is -2.42. The molecule has 1 aliphatic heterocycles. The van der Waals surface area contributed by atoms with E-state index in [4.69, 9.17) is 17.0 Å². The molecule has 0 aliphatic carbocycles. The van der Waals surface area contributed by atoms with Gasteiger partial charge in [-0.1, -0.05) is 0 Å². The van der Waals surface area contributed by atoms with E-state index in [2.05, 4.69) is 10.1 Å². The third kappa shape index (κ3) is 4.53. The van der Waals surface area contributed by atoms with Crippen LogP contribution in [0.25, 0.3) is 0 Å². The summed E-state index contributed by atoms with van der Waals surface area (Å²) in [5.41, 5.74) is 0.607. The molecule has 4 nitrogen and oxygen atoms in total. The average Bonchev–Trinajstić information content (AvgIpc) is 2.40. The number of ether oxygens (including phenoxy) is 2. The van der Waals surface area contributed by atoms with Gasteiger partial charge in [-0.3, -0.25) is 0 Å². The van der Waals surface area contributed by atoms with E-state index in [1.807, 2.05) is 4.90 Å². The molecule has 1 N–H and O–H groups in total. The number of hydrogen-bond donors (Lipinski definition) is 1. The summed E-state index contributed by atoms with van der Waals surface area (Å²) in [6.07, 6.45) is -4.68. The van der Waals surface area contributed by atoms with Crippen LogP contribution in [0.5, 0.6) is 5.75 Å². The van der Waals surface area contributed by atoms with Crippen LogP contribution < -0.4 is 10.1 Å². The van der Waals surface area contributed by atoms with Gasteiger partial charge in [0.1, 0.15) is 5.75 Å². The van der Waals surface area contributed by atoms with E-state index in [0.717, 1.165) is 0 Å². The molecule has 1 aliphatic rings. The number of halogens is 3. The fourth-order valence-corrected chi connectivity index (χ4v) is 2.01. The first kappa shape index (κ1) is 14.9. The Morgan fingerprint density at radius 2 is 1.80 bits per heavy atom. The Morgan fingerprint density at radius 3 is 2.35 bits per heavy atom. The molecule has 2 rings (SSSR count). The molecule has 1 aromatic carbocycles. The first-order valence-corrected chi connectivity index (χ1v) is 6.34. The summed E-state index contributed by atoms with van der Waals surface area (Å²) < 4.78 is 45.1. The van der Waals surface area contributed by atoms with Gasteiger partial charge in [0.25, 0.3) is 0 Å². The van der Waals surface area contributed by atoms with Crippen molar-refractivity contribution in [2.45, 2.75) is 6.36 Å². The molecule has 20 heavy (non-hydrogen) atoms. The van der Waals surface area contributed by atoms with Gasteiger partial charge in [-0.05, 0) is 36.5 Å². The summed E-state index contributed by atoms with van der Waals surface area (Å²) in [5, 5.41) is 3.49. The van der Waals surface area contributed by atoms with Crippen molar-refractivity contribution >= 4 is 23.0 Å². The van der Waals surface area contributed by atoms with Crippen molar-refractivity contribution in [1.82, 2.24) is 4.90 Å². The quantitative estimate of drug-likeness (QED) is 0.850. The second-order valence-corrected chi connectivity index (χ2v) is 4.49. The SMILES string of the molecule is FC(F)(F)Oc1ccc(NC(=S)N2CCOCC2)cc1. The Kier molecular flexibility index (Phi) is 4.66. The summed E-state index contributed by atoms with van der Waals surface area (Å²) in [4.78, 5) is 1.94. The van der Waals surface area contributed by atoms with Crippen LogP contribution in [0.2, 0.25) is 0 Å². The van der Waals surface area contributed by atoms with Crippen LogP contribution in [0.15, 0.2) is 24.3 Å². The first-order chi connectivity index (χ1) is 9.44. The number of nitrogens with one attached hydrogen (secondary N) is 1. The van der Waals surface area contributed by atoms with Gasteiger partial charge in [-0.2, -0.15) is 0 Å². The number of nitrogens with zero attached hydrogens (tertiary/aromatic N) is 1. The van der Waals surface area contributed by atoms with Gasteiger partial charge in [0, 0.05) is 18.8 Å². The summed E-state index contributed by atoms with van der Waals surface area (Å²) in [7, 11) is 0. The van der Waals surface area contributed by atoms with Gasteiger partial charge in [-0.25, -0.2) is 0 Å². The second-order valence-electron chi connectivity index (χ2n) is 4.10. The molecule has 0 aromatic heterocycles. The highest BCUT2D eigenvalue weighted by Crippen LogP contribution is 2.24. The Morgan fingerprint density at radius 1 is 1.20 bits per heavy atom. The number of alkyl halides is 3. The number of anilines is 1. The van der Waals surface area contributed by atoms with Crippen LogP contribution >= 0.6 is 12.2 Å². The molecular formula is C12H13F3N2O2S. The van der Waals surface area contributed by atoms with Gasteiger partial charge in [-0.15, -0.1) is 13.2 Å². The van der Waals surface area contributed by atoms with E-state index < -0.39 is 6.36 Å². The van der Waals surface area contributed by atoms with Crippen molar-refractivity contribution in [3.05, 3.63) is 24.3 Å². The van der Waals surface area contributed by atoms with Crippen LogP contribution in [0.4, 0.5) is 18.9 Å². The highest BCUT2D eigenvalue weighted by Gasteiger charge is 2.30. The molecule has 0 spiro atoms. The number of morpholine rings is 1. The molecule has 0 amide bonds. The minimum atomic E-state index is -4.68. The second kappa shape index (κ2) is 6.27. The van der Waals surface area contributed by atoms with Gasteiger partial charge in [0.05, 0.1) is 13.2 Å². The maximum absolute atomic E-state index is 12.0. The Balaban J connectivity index is 1.91. The molecule has 0 saturated carbocycles. The van der Waals surface area contributed by atoms with Gasteiger partial charge < -0.3 is 19.7 Å². The lowest BCUT2D eigenvalue weighted by atomic mass is 10.3. The molecule has 1 saturated heterocycles. The normalized spacial score (nSPS) is 15.8. The fourth-order valence-electron chi connectivity index (χ4n) is 1.71. The third-order valence-electron chi connectivity index (χ3n) is 2.64. The lowest BCUT2D eigenvalue weighted by molar-refractivity contribution is -0.274. The van der Waals surface area contributed by atoms with Crippen molar-refractivity contribution < 1.29 is 22.6 Å². The molecule has 0 atom stereocenters. The predicted octanol–water partition coefficient (Wildman–Crippen LogP) is 2.61. The highest BCUT2D eigenvalue weighted by molar-refractivity contribution is 7.80. The summed E-state index contributed by atoms with van der Waals surface area (Å²) >= 11 is 5.22. The van der Waals surface area contributed by atoms with Gasteiger partial charge >= 0.3 is 6.36 Å². The van der Waals surface area contributed by atoms with Crippen molar-refractivity contribution in [3.8, 4) is 5.75 Å². The molecule has 1 heterocycles. The minimum Gasteiger partial charge on any atom is -0.406 e. The van der Waals surface area contributed by atoms with Gasteiger partial charge in [0.15, 0.2) is 5.11 Å². The summed E-state index contributed by atoms with van der Waals surface area (Å²) in [6.45, 7) is 2.61. The lowest BCUT2D eigenvalue weighted by Gasteiger charge is -2.29. The zero-order chi connectivity index (χ0) is 14.6. The van der Waals surface area contributed by atoms with Crippen LogP contribution in [0.1, 0.15) is 0 Å². The number of benzene rings is 1. The zero-order valence-corrected chi connectivity index (χ0v) is 11.3. The van der Waals surface area contributed by atoms with E-state index in [1.165, 1.54) is 24.3 Å². The standard InChI is InChI=1S/C12H13F3N2O2S/c13-12(14,15)19-10-3-1-9(2-4-10)16-11(20)17-5-7-18-8-6-17/h1-4H,5-8H2,(H,16,20). The van der Waals surface area contributed by atoms with Crippen molar-refractivity contribution in [3.63, 3.8) is 0 Å². The maximum atomic E-state index is 12.0. The van der Waals surface area contributed by atoms with E-state index in [1.54, 1.807) is 0 Å². The van der Waals surface area contributed by atoms with Gasteiger partial charge in [0.2, 0.25) is 0 Å². The molecule has 0 radical (unpaired) electrons. The third-order valence-corrected chi connectivity index (χ3v) is 3.00. The summed E-state index contributed by atoms with van der Waals surface area (Å²) in [5.74, 6) is -0.264. The maximum Gasteiger partial charge on any atom is 0.573 e. The van der Waals surface area contributed by atoms with E-state index in [9.17, 15) is 13.2 Å². The van der Waals surface area contributed by atoms with Crippen LogP contribution in [0, 0.1) is 0 Å². The van der Waals surface area contributed by atoms with E-state index in [-0.39, 0.29) is 5.75 Å². The monoisotopic (exact) mass is 306 g/mol. The fraction of sp³-hybridized carbons (Fsp3) is 0.417. The molecule has 1 aromatic rings. The van der Waals surface area contributed by atoms with E-state index >= 15 is 0 Å². The van der Waals surface area contributed by atoms with Crippen LogP contribution in [0.3, 0.4) is 0 Å². The first-order valence-electron chi connectivity index (χ1n) is 5.93. The Hall–Kier alpha value is -1.54. The number of hydrogen-bond acceptors (Lipinski definition) is 3. The van der Waals surface area contributed by atoms with E-state index in [0.29, 0.717) is 37.1 Å². The van der Waals surface area contributed by atoms with Crippen LogP contribution in [-0.2, 0) is 4.74 Å². The number of thiocarbonyl (C=S) groups is 1. The van der Waals surface area contributed by atoms with Crippen molar-refractivity contribution in [1.29, 1.82) is 0 Å². The highest BCUT2D eigenvalue weighted by atomic mass is 32.1. The molecule has 1 fully saturated rings. The Bertz CT molecular complexity index is 459.